The highest BCUT2D eigenvalue weighted by Crippen LogP contribution is 2.20. The molecule has 0 aliphatic heterocycles. The lowest BCUT2D eigenvalue weighted by Gasteiger charge is -2.11. The van der Waals surface area contributed by atoms with Crippen molar-refractivity contribution in [1.29, 1.82) is 0 Å². The summed E-state index contributed by atoms with van der Waals surface area (Å²) in [6, 6.07) is 15.5. The van der Waals surface area contributed by atoms with E-state index in [0.29, 0.717) is 31.4 Å². The van der Waals surface area contributed by atoms with Crippen molar-refractivity contribution in [2.45, 2.75) is 19.9 Å². The fourth-order valence-corrected chi connectivity index (χ4v) is 3.33. The molecule has 0 bridgehead atoms. The summed E-state index contributed by atoms with van der Waals surface area (Å²) < 4.78 is 21.6. The molecule has 0 fully saturated rings. The standard InChI is InChI=1S/C23H22FN5O3/c1-2-32-15-5-14-28-20-7-4-3-6-18(20)25-23(28)26-22(31)19-12-13-21(30)29(27-19)17-10-8-16(24)9-11-17/h3-4,6-13H,2,5,14-15H2,1H3,(H,25,26,31). The predicted molar refractivity (Wildman–Crippen MR) is 119 cm³/mol. The number of benzene rings is 2. The highest BCUT2D eigenvalue weighted by Gasteiger charge is 2.16. The van der Waals surface area contributed by atoms with E-state index in [0.717, 1.165) is 22.1 Å². The Labute approximate surface area is 183 Å². The Bertz CT molecular complexity index is 1300. The fraction of sp³-hybridized carbons (Fsp3) is 0.217. The van der Waals surface area contributed by atoms with Gasteiger partial charge >= 0.3 is 0 Å². The van der Waals surface area contributed by atoms with Gasteiger partial charge in [0.25, 0.3) is 11.5 Å². The summed E-state index contributed by atoms with van der Waals surface area (Å²) in [6.45, 7) is 3.79. The van der Waals surface area contributed by atoms with Crippen molar-refractivity contribution in [2.75, 3.05) is 18.5 Å². The molecule has 164 valence electrons. The molecule has 0 spiro atoms. The zero-order chi connectivity index (χ0) is 22.5. The number of imidazole rings is 1. The second kappa shape index (κ2) is 9.52. The normalized spacial score (nSPS) is 11.1. The molecule has 0 saturated heterocycles. The Balaban J connectivity index is 1.62. The molecule has 0 atom stereocenters. The highest BCUT2D eigenvalue weighted by molar-refractivity contribution is 6.02. The monoisotopic (exact) mass is 435 g/mol. The number of fused-ring (bicyclic) bond motifs is 1. The molecule has 0 aliphatic rings. The van der Waals surface area contributed by atoms with Gasteiger partial charge in [-0.05, 0) is 55.8 Å². The zero-order valence-corrected chi connectivity index (χ0v) is 17.5. The number of hydrogen-bond acceptors (Lipinski definition) is 5. The van der Waals surface area contributed by atoms with E-state index in [2.05, 4.69) is 15.4 Å². The van der Waals surface area contributed by atoms with Gasteiger partial charge < -0.3 is 9.30 Å². The van der Waals surface area contributed by atoms with Crippen LogP contribution >= 0.6 is 0 Å². The number of halogens is 1. The summed E-state index contributed by atoms with van der Waals surface area (Å²) in [5.74, 6) is -0.560. The maximum atomic E-state index is 13.2. The number of nitrogens with one attached hydrogen (secondary N) is 1. The van der Waals surface area contributed by atoms with Crippen molar-refractivity contribution in [3.8, 4) is 5.69 Å². The summed E-state index contributed by atoms with van der Waals surface area (Å²) in [4.78, 5) is 29.7. The van der Waals surface area contributed by atoms with Gasteiger partial charge in [-0.2, -0.15) is 9.78 Å². The van der Waals surface area contributed by atoms with E-state index < -0.39 is 17.3 Å². The van der Waals surface area contributed by atoms with E-state index in [4.69, 9.17) is 4.74 Å². The number of ether oxygens (including phenoxy) is 1. The first-order chi connectivity index (χ1) is 15.6. The van der Waals surface area contributed by atoms with Crippen LogP contribution in [-0.4, -0.2) is 38.5 Å². The highest BCUT2D eigenvalue weighted by atomic mass is 19.1. The maximum absolute atomic E-state index is 13.2. The molecule has 2 aromatic carbocycles. The Morgan fingerprint density at radius 2 is 1.88 bits per heavy atom. The number of hydrogen-bond donors (Lipinski definition) is 1. The number of aryl methyl sites for hydroxylation is 1. The average Bonchev–Trinajstić information content (AvgIpc) is 3.14. The molecule has 9 heteroatoms. The maximum Gasteiger partial charge on any atom is 0.278 e. The number of nitrogens with zero attached hydrogens (tertiary/aromatic N) is 4. The molecule has 4 aromatic rings. The molecule has 1 N–H and O–H groups in total. The quantitative estimate of drug-likeness (QED) is 0.429. The lowest BCUT2D eigenvalue weighted by Crippen LogP contribution is -2.25. The Kier molecular flexibility index (Phi) is 6.37. The average molecular weight is 435 g/mol. The van der Waals surface area contributed by atoms with Crippen LogP contribution in [0.15, 0.2) is 65.5 Å². The molecule has 0 saturated carbocycles. The van der Waals surface area contributed by atoms with E-state index in [9.17, 15) is 14.0 Å². The SMILES string of the molecule is CCOCCCn1c(NC(=O)c2ccc(=O)n(-c3ccc(F)cc3)n2)nc2ccccc21. The minimum Gasteiger partial charge on any atom is -0.382 e. The number of carbonyl (C=O) groups is 1. The molecule has 0 unspecified atom stereocenters. The van der Waals surface area contributed by atoms with Crippen LogP contribution in [0.1, 0.15) is 23.8 Å². The number of amides is 1. The number of anilines is 1. The summed E-state index contributed by atoms with van der Waals surface area (Å²) in [5, 5.41) is 6.95. The summed E-state index contributed by atoms with van der Waals surface area (Å²) in [5.41, 5.74) is 1.60. The number of aromatic nitrogens is 4. The van der Waals surface area contributed by atoms with Crippen LogP contribution in [0.25, 0.3) is 16.7 Å². The molecule has 2 heterocycles. The second-order valence-electron chi connectivity index (χ2n) is 7.03. The molecule has 2 aromatic heterocycles. The third-order valence-corrected chi connectivity index (χ3v) is 4.86. The number of carbonyl (C=O) groups excluding carboxylic acids is 1. The first-order valence-corrected chi connectivity index (χ1v) is 10.3. The van der Waals surface area contributed by atoms with E-state index in [1.54, 1.807) is 0 Å². The number of para-hydroxylation sites is 2. The van der Waals surface area contributed by atoms with Gasteiger partial charge in [-0.3, -0.25) is 14.9 Å². The van der Waals surface area contributed by atoms with Gasteiger partial charge in [-0.25, -0.2) is 9.37 Å². The first-order valence-electron chi connectivity index (χ1n) is 10.3. The molecule has 0 radical (unpaired) electrons. The van der Waals surface area contributed by atoms with E-state index in [1.165, 1.54) is 36.4 Å². The van der Waals surface area contributed by atoms with Gasteiger partial charge in [0, 0.05) is 25.8 Å². The summed E-state index contributed by atoms with van der Waals surface area (Å²) >= 11 is 0. The van der Waals surface area contributed by atoms with Crippen LogP contribution in [0.5, 0.6) is 0 Å². The molecule has 0 aliphatic carbocycles. The van der Waals surface area contributed by atoms with E-state index >= 15 is 0 Å². The van der Waals surface area contributed by atoms with Crippen LogP contribution in [0.3, 0.4) is 0 Å². The summed E-state index contributed by atoms with van der Waals surface area (Å²) in [6.07, 6.45) is 0.755. The third-order valence-electron chi connectivity index (χ3n) is 4.86. The van der Waals surface area contributed by atoms with Crippen LogP contribution in [0.2, 0.25) is 0 Å². The largest absolute Gasteiger partial charge is 0.382 e. The van der Waals surface area contributed by atoms with Gasteiger partial charge in [0.2, 0.25) is 5.95 Å². The fourth-order valence-electron chi connectivity index (χ4n) is 3.33. The lowest BCUT2D eigenvalue weighted by molar-refractivity contribution is 0.101. The Hall–Kier alpha value is -3.85. The van der Waals surface area contributed by atoms with E-state index in [-0.39, 0.29) is 5.69 Å². The molecule has 1 amide bonds. The van der Waals surface area contributed by atoms with Crippen LogP contribution in [0, 0.1) is 5.82 Å². The first kappa shape index (κ1) is 21.4. The third kappa shape index (κ3) is 4.57. The van der Waals surface area contributed by atoms with Gasteiger partial charge in [-0.1, -0.05) is 12.1 Å². The van der Waals surface area contributed by atoms with Crippen LogP contribution < -0.4 is 10.9 Å². The smallest absolute Gasteiger partial charge is 0.278 e. The molecule has 8 nitrogen and oxygen atoms in total. The van der Waals surface area contributed by atoms with Crippen LogP contribution in [-0.2, 0) is 11.3 Å². The number of rotatable bonds is 8. The van der Waals surface area contributed by atoms with Gasteiger partial charge in [0.15, 0.2) is 0 Å². The second-order valence-corrected chi connectivity index (χ2v) is 7.03. The van der Waals surface area contributed by atoms with Gasteiger partial charge in [0.05, 0.1) is 16.7 Å². The molecular weight excluding hydrogens is 413 g/mol. The Morgan fingerprint density at radius 1 is 1.09 bits per heavy atom. The molecule has 4 rings (SSSR count). The predicted octanol–water partition coefficient (Wildman–Crippen LogP) is 3.40. The van der Waals surface area contributed by atoms with E-state index in [1.807, 2.05) is 35.8 Å². The summed E-state index contributed by atoms with van der Waals surface area (Å²) in [7, 11) is 0. The topological polar surface area (TPSA) is 91.0 Å². The Morgan fingerprint density at radius 3 is 2.66 bits per heavy atom. The minimum atomic E-state index is -0.512. The van der Waals surface area contributed by atoms with Crippen molar-refractivity contribution in [3.05, 3.63) is 82.5 Å². The van der Waals surface area contributed by atoms with Crippen molar-refractivity contribution in [2.24, 2.45) is 0 Å². The minimum absolute atomic E-state index is 0.0295. The zero-order valence-electron chi connectivity index (χ0n) is 17.5. The van der Waals surface area contributed by atoms with Crippen LogP contribution in [0.4, 0.5) is 10.3 Å². The van der Waals surface area contributed by atoms with Gasteiger partial charge in [0.1, 0.15) is 11.5 Å². The van der Waals surface area contributed by atoms with Crippen molar-refractivity contribution < 1.29 is 13.9 Å². The molecule has 32 heavy (non-hydrogen) atoms. The molecular formula is C23H22FN5O3. The van der Waals surface area contributed by atoms with Crippen molar-refractivity contribution in [1.82, 2.24) is 19.3 Å². The van der Waals surface area contributed by atoms with Gasteiger partial charge in [-0.15, -0.1) is 0 Å². The lowest BCUT2D eigenvalue weighted by atomic mass is 10.3. The van der Waals surface area contributed by atoms with Crippen molar-refractivity contribution >= 4 is 22.9 Å². The van der Waals surface area contributed by atoms with Crippen molar-refractivity contribution in [3.63, 3.8) is 0 Å².